The van der Waals surface area contributed by atoms with Crippen LogP contribution in [0, 0.1) is 11.8 Å². The van der Waals surface area contributed by atoms with Gasteiger partial charge >= 0.3 is 0 Å². The van der Waals surface area contributed by atoms with Crippen molar-refractivity contribution in [3.8, 4) is 0 Å². The van der Waals surface area contributed by atoms with Gasteiger partial charge in [0, 0.05) is 0 Å². The molecular weight excluding hydrogens is 330 g/mol. The number of hydrogen-bond donors (Lipinski definition) is 0. The SMILES string of the molecule is C\C=C/C(=C\C=C(C)\C1=C\CCC(C)CCC1)OCC1CCCN(C)CC1. The third kappa shape index (κ3) is 8.51. The van der Waals surface area contributed by atoms with Crippen molar-refractivity contribution in [3.63, 3.8) is 0 Å². The second kappa shape index (κ2) is 12.2. The van der Waals surface area contributed by atoms with Gasteiger partial charge in [0.1, 0.15) is 5.76 Å². The zero-order valence-electron chi connectivity index (χ0n) is 18.2. The monoisotopic (exact) mass is 371 g/mol. The summed E-state index contributed by atoms with van der Waals surface area (Å²) in [5, 5.41) is 0. The molecule has 0 bridgehead atoms. The highest BCUT2D eigenvalue weighted by Crippen LogP contribution is 2.26. The number of allylic oxidation sites excluding steroid dienone is 7. The first kappa shape index (κ1) is 22.0. The lowest BCUT2D eigenvalue weighted by molar-refractivity contribution is 0.165. The number of rotatable bonds is 6. The summed E-state index contributed by atoms with van der Waals surface area (Å²) in [7, 11) is 2.23. The average Bonchev–Trinajstić information content (AvgIpc) is 2.84. The van der Waals surface area contributed by atoms with Crippen molar-refractivity contribution in [1.29, 1.82) is 0 Å². The van der Waals surface area contributed by atoms with Crippen molar-refractivity contribution in [1.82, 2.24) is 4.90 Å². The molecule has 0 aromatic rings. The van der Waals surface area contributed by atoms with E-state index in [1.807, 2.05) is 0 Å². The Balaban J connectivity index is 1.94. The molecule has 1 fully saturated rings. The van der Waals surface area contributed by atoms with Gasteiger partial charge in [0.15, 0.2) is 0 Å². The van der Waals surface area contributed by atoms with Gasteiger partial charge in [0.2, 0.25) is 0 Å². The number of hydrogen-bond acceptors (Lipinski definition) is 2. The van der Waals surface area contributed by atoms with Gasteiger partial charge in [0.05, 0.1) is 6.61 Å². The van der Waals surface area contributed by atoms with Crippen LogP contribution in [0.5, 0.6) is 0 Å². The van der Waals surface area contributed by atoms with Gasteiger partial charge in [-0.1, -0.05) is 31.6 Å². The molecule has 2 aliphatic rings. The second-order valence-corrected chi connectivity index (χ2v) is 8.63. The third-order valence-corrected chi connectivity index (χ3v) is 6.09. The normalized spacial score (nSPS) is 29.0. The van der Waals surface area contributed by atoms with Crippen molar-refractivity contribution in [2.24, 2.45) is 11.8 Å². The molecule has 0 saturated carbocycles. The molecule has 2 unspecified atom stereocenters. The molecule has 0 spiro atoms. The van der Waals surface area contributed by atoms with E-state index in [2.05, 4.69) is 63.1 Å². The van der Waals surface area contributed by atoms with E-state index in [4.69, 9.17) is 4.74 Å². The molecule has 0 amide bonds. The molecule has 0 radical (unpaired) electrons. The van der Waals surface area contributed by atoms with Crippen LogP contribution in [0.15, 0.2) is 47.3 Å². The molecule has 1 aliphatic carbocycles. The van der Waals surface area contributed by atoms with E-state index in [-0.39, 0.29) is 0 Å². The summed E-state index contributed by atoms with van der Waals surface area (Å²) in [5.41, 5.74) is 2.93. The molecule has 1 heterocycles. The highest BCUT2D eigenvalue weighted by Gasteiger charge is 2.15. The smallest absolute Gasteiger partial charge is 0.118 e. The Bertz CT molecular complexity index is 555. The maximum Gasteiger partial charge on any atom is 0.118 e. The van der Waals surface area contributed by atoms with Crippen molar-refractivity contribution in [2.45, 2.75) is 72.1 Å². The molecule has 152 valence electrons. The number of likely N-dealkylation sites (tertiary alicyclic amines) is 1. The third-order valence-electron chi connectivity index (χ3n) is 6.09. The summed E-state index contributed by atoms with van der Waals surface area (Å²) in [6, 6.07) is 0. The summed E-state index contributed by atoms with van der Waals surface area (Å²) in [5.74, 6) is 2.56. The Morgan fingerprint density at radius 1 is 1.15 bits per heavy atom. The molecule has 1 saturated heterocycles. The molecule has 27 heavy (non-hydrogen) atoms. The minimum absolute atomic E-state index is 0.684. The van der Waals surface area contributed by atoms with Crippen LogP contribution < -0.4 is 0 Å². The summed E-state index contributed by atoms with van der Waals surface area (Å²) in [6.07, 6.45) is 21.3. The minimum Gasteiger partial charge on any atom is -0.493 e. The fourth-order valence-electron chi connectivity index (χ4n) is 4.11. The maximum absolute atomic E-state index is 6.20. The molecule has 0 N–H and O–H groups in total. The summed E-state index contributed by atoms with van der Waals surface area (Å²) >= 11 is 0. The lowest BCUT2D eigenvalue weighted by Gasteiger charge is -2.17. The van der Waals surface area contributed by atoms with Crippen molar-refractivity contribution >= 4 is 0 Å². The van der Waals surface area contributed by atoms with Gasteiger partial charge in [-0.05, 0) is 114 Å². The highest BCUT2D eigenvalue weighted by molar-refractivity contribution is 5.34. The lowest BCUT2D eigenvalue weighted by atomic mass is 9.90. The van der Waals surface area contributed by atoms with Gasteiger partial charge in [0.25, 0.3) is 0 Å². The molecular formula is C25H41NO. The Morgan fingerprint density at radius 3 is 2.81 bits per heavy atom. The highest BCUT2D eigenvalue weighted by atomic mass is 16.5. The number of ether oxygens (including phenoxy) is 1. The molecule has 0 aromatic heterocycles. The summed E-state index contributed by atoms with van der Waals surface area (Å²) < 4.78 is 6.20. The fraction of sp³-hybridized carbons (Fsp3) is 0.680. The van der Waals surface area contributed by atoms with Crippen LogP contribution in [0.2, 0.25) is 0 Å². The van der Waals surface area contributed by atoms with E-state index in [1.54, 1.807) is 0 Å². The minimum atomic E-state index is 0.684. The molecule has 2 rings (SSSR count). The van der Waals surface area contributed by atoms with E-state index < -0.39 is 0 Å². The van der Waals surface area contributed by atoms with Crippen LogP contribution in [-0.4, -0.2) is 31.6 Å². The zero-order chi connectivity index (χ0) is 19.5. The number of nitrogens with zero attached hydrogens (tertiary/aromatic N) is 1. The Morgan fingerprint density at radius 2 is 2.00 bits per heavy atom. The van der Waals surface area contributed by atoms with Gasteiger partial charge < -0.3 is 9.64 Å². The van der Waals surface area contributed by atoms with E-state index in [9.17, 15) is 0 Å². The van der Waals surface area contributed by atoms with Gasteiger partial charge in [-0.15, -0.1) is 0 Å². The Kier molecular flexibility index (Phi) is 9.97. The zero-order valence-corrected chi connectivity index (χ0v) is 18.2. The van der Waals surface area contributed by atoms with Gasteiger partial charge in [-0.3, -0.25) is 0 Å². The molecule has 2 nitrogen and oxygen atoms in total. The molecule has 1 aliphatic heterocycles. The van der Waals surface area contributed by atoms with E-state index in [1.165, 1.54) is 75.6 Å². The van der Waals surface area contributed by atoms with Crippen molar-refractivity contribution < 1.29 is 4.74 Å². The second-order valence-electron chi connectivity index (χ2n) is 8.63. The Labute approximate surface area is 168 Å². The van der Waals surface area contributed by atoms with Gasteiger partial charge in [-0.2, -0.15) is 0 Å². The van der Waals surface area contributed by atoms with Crippen LogP contribution in [-0.2, 0) is 4.74 Å². The van der Waals surface area contributed by atoms with E-state index in [0.717, 1.165) is 18.3 Å². The standard InChI is InChI=1S/C25H41NO/c1-5-9-25(27-20-23-12-8-18-26(4)19-17-23)16-15-22(3)24-13-6-10-21(2)11-7-14-24/h5,9,13,15-16,21,23H,6-8,10-12,14,17-20H2,1-4H3/b9-5-,22-15+,24-13+,25-16+. The fourth-order valence-corrected chi connectivity index (χ4v) is 4.11. The largest absolute Gasteiger partial charge is 0.493 e. The predicted octanol–water partition coefficient (Wildman–Crippen LogP) is 6.67. The molecule has 2 atom stereocenters. The van der Waals surface area contributed by atoms with Crippen LogP contribution in [0.3, 0.4) is 0 Å². The average molecular weight is 372 g/mol. The Hall–Kier alpha value is -1.28. The van der Waals surface area contributed by atoms with Crippen LogP contribution >= 0.6 is 0 Å². The van der Waals surface area contributed by atoms with E-state index in [0.29, 0.717) is 5.92 Å². The quantitative estimate of drug-likeness (QED) is 0.382. The van der Waals surface area contributed by atoms with Crippen molar-refractivity contribution in [2.75, 3.05) is 26.7 Å². The first-order chi connectivity index (χ1) is 13.1. The molecule has 2 heteroatoms. The first-order valence-corrected chi connectivity index (χ1v) is 11.1. The van der Waals surface area contributed by atoms with Crippen molar-refractivity contribution in [3.05, 3.63) is 47.3 Å². The van der Waals surface area contributed by atoms with Crippen LogP contribution in [0.4, 0.5) is 0 Å². The summed E-state index contributed by atoms with van der Waals surface area (Å²) in [6.45, 7) is 9.97. The van der Waals surface area contributed by atoms with Crippen LogP contribution in [0.1, 0.15) is 72.1 Å². The first-order valence-electron chi connectivity index (χ1n) is 11.1. The van der Waals surface area contributed by atoms with Crippen LogP contribution in [0.25, 0.3) is 0 Å². The maximum atomic E-state index is 6.20. The predicted molar refractivity (Wildman–Crippen MR) is 118 cm³/mol. The summed E-state index contributed by atoms with van der Waals surface area (Å²) in [4.78, 5) is 2.44. The topological polar surface area (TPSA) is 12.5 Å². The molecule has 0 aromatic carbocycles. The van der Waals surface area contributed by atoms with E-state index >= 15 is 0 Å². The lowest BCUT2D eigenvalue weighted by Crippen LogP contribution is -2.19. The van der Waals surface area contributed by atoms with Gasteiger partial charge in [-0.25, -0.2) is 0 Å².